The van der Waals surface area contributed by atoms with Gasteiger partial charge in [0.2, 0.25) is 5.91 Å². The molecule has 1 aliphatic heterocycles. The first kappa shape index (κ1) is 13.8. The second-order valence-corrected chi connectivity index (χ2v) is 4.72. The van der Waals surface area contributed by atoms with E-state index in [1.54, 1.807) is 0 Å². The minimum atomic E-state index is -4.47. The number of anilines is 1. The molecule has 2 heterocycles. The second kappa shape index (κ2) is 5.16. The Morgan fingerprint density at radius 3 is 2.68 bits per heavy atom. The number of rotatable bonds is 2. The van der Waals surface area contributed by atoms with E-state index in [1.165, 1.54) is 6.07 Å². The molecule has 0 bridgehead atoms. The van der Waals surface area contributed by atoms with Gasteiger partial charge in [-0.15, -0.1) is 0 Å². The van der Waals surface area contributed by atoms with Crippen LogP contribution in [-0.4, -0.2) is 23.5 Å². The first-order chi connectivity index (χ1) is 8.86. The summed E-state index contributed by atoms with van der Waals surface area (Å²) < 4.78 is 36.9. The average molecular weight is 273 g/mol. The minimum absolute atomic E-state index is 0.245. The Morgan fingerprint density at radius 1 is 1.47 bits per heavy atom. The van der Waals surface area contributed by atoms with Gasteiger partial charge in [0, 0.05) is 0 Å². The molecule has 1 unspecified atom stereocenters. The van der Waals surface area contributed by atoms with Crippen molar-refractivity contribution in [2.45, 2.75) is 25.6 Å². The van der Waals surface area contributed by atoms with Crippen molar-refractivity contribution in [2.75, 3.05) is 11.9 Å². The molecule has 7 heteroatoms. The Balaban J connectivity index is 1.98. The maximum atomic E-state index is 12.3. The summed E-state index contributed by atoms with van der Waals surface area (Å²) in [6, 6.07) is 1.75. The maximum Gasteiger partial charge on any atom is 0.433 e. The summed E-state index contributed by atoms with van der Waals surface area (Å²) in [5.41, 5.74) is -0.711. The standard InChI is InChI=1S/C12H14F3N3O/c1-7-4-9(16-5-7)11(19)18-8-2-3-10(17-6-8)12(13,14)15/h2-3,6-7,9,16H,4-5H2,1H3,(H,18,19)/t7?,9-/m0/s1. The molecule has 1 saturated heterocycles. The zero-order valence-corrected chi connectivity index (χ0v) is 10.3. The Hall–Kier alpha value is -1.63. The first-order valence-electron chi connectivity index (χ1n) is 5.94. The highest BCUT2D eigenvalue weighted by molar-refractivity contribution is 5.94. The number of hydrogen-bond acceptors (Lipinski definition) is 3. The van der Waals surface area contributed by atoms with Crippen LogP contribution in [0.3, 0.4) is 0 Å². The van der Waals surface area contributed by atoms with Crippen molar-refractivity contribution in [3.8, 4) is 0 Å². The smallest absolute Gasteiger partial charge is 0.323 e. The van der Waals surface area contributed by atoms with E-state index in [2.05, 4.69) is 15.6 Å². The number of nitrogens with one attached hydrogen (secondary N) is 2. The van der Waals surface area contributed by atoms with Crippen LogP contribution < -0.4 is 10.6 Å². The lowest BCUT2D eigenvalue weighted by molar-refractivity contribution is -0.141. The van der Waals surface area contributed by atoms with Gasteiger partial charge < -0.3 is 10.6 Å². The fourth-order valence-corrected chi connectivity index (χ4v) is 1.98. The van der Waals surface area contributed by atoms with E-state index < -0.39 is 11.9 Å². The molecule has 1 aromatic rings. The molecule has 1 fully saturated rings. The molecular formula is C12H14F3N3O. The monoisotopic (exact) mass is 273 g/mol. The highest BCUT2D eigenvalue weighted by Gasteiger charge is 2.32. The quantitative estimate of drug-likeness (QED) is 0.867. The van der Waals surface area contributed by atoms with Gasteiger partial charge in [0.25, 0.3) is 0 Å². The molecule has 19 heavy (non-hydrogen) atoms. The van der Waals surface area contributed by atoms with Crippen LogP contribution in [-0.2, 0) is 11.0 Å². The maximum absolute atomic E-state index is 12.3. The number of pyridine rings is 1. The molecule has 2 atom stereocenters. The van der Waals surface area contributed by atoms with Gasteiger partial charge in [-0.25, -0.2) is 4.98 Å². The van der Waals surface area contributed by atoms with Crippen LogP contribution in [0, 0.1) is 5.92 Å². The van der Waals surface area contributed by atoms with Crippen LogP contribution in [0.4, 0.5) is 18.9 Å². The lowest BCUT2D eigenvalue weighted by atomic mass is 10.1. The molecule has 2 N–H and O–H groups in total. The number of amides is 1. The van der Waals surface area contributed by atoms with Gasteiger partial charge in [-0.05, 0) is 31.0 Å². The van der Waals surface area contributed by atoms with Crippen molar-refractivity contribution in [3.05, 3.63) is 24.0 Å². The topological polar surface area (TPSA) is 54.0 Å². The molecule has 2 rings (SSSR count). The molecule has 1 amide bonds. The molecule has 0 radical (unpaired) electrons. The van der Waals surface area contributed by atoms with Crippen LogP contribution in [0.2, 0.25) is 0 Å². The second-order valence-electron chi connectivity index (χ2n) is 4.72. The van der Waals surface area contributed by atoms with E-state index in [1.807, 2.05) is 6.92 Å². The third-order valence-electron chi connectivity index (χ3n) is 2.99. The number of nitrogens with zero attached hydrogens (tertiary/aromatic N) is 1. The number of hydrogen-bond donors (Lipinski definition) is 2. The summed E-state index contributed by atoms with van der Waals surface area (Å²) >= 11 is 0. The van der Waals surface area contributed by atoms with Gasteiger partial charge in [-0.2, -0.15) is 13.2 Å². The Morgan fingerprint density at radius 2 is 2.21 bits per heavy atom. The molecule has 1 aromatic heterocycles. The SMILES string of the molecule is CC1CN[C@H](C(=O)Nc2ccc(C(F)(F)F)nc2)C1. The summed E-state index contributed by atoms with van der Waals surface area (Å²) in [5.74, 6) is 0.174. The van der Waals surface area contributed by atoms with Crippen molar-refractivity contribution >= 4 is 11.6 Å². The van der Waals surface area contributed by atoms with Gasteiger partial charge in [0.05, 0.1) is 17.9 Å². The Bertz CT molecular complexity index is 458. The molecule has 0 spiro atoms. The molecule has 0 aromatic carbocycles. The average Bonchev–Trinajstić information content (AvgIpc) is 2.75. The van der Waals surface area contributed by atoms with Crippen LogP contribution in [0.15, 0.2) is 18.3 Å². The molecule has 0 aliphatic carbocycles. The van der Waals surface area contributed by atoms with E-state index in [9.17, 15) is 18.0 Å². The van der Waals surface area contributed by atoms with Crippen LogP contribution in [0.5, 0.6) is 0 Å². The fourth-order valence-electron chi connectivity index (χ4n) is 1.98. The summed E-state index contributed by atoms with van der Waals surface area (Å²) in [6.45, 7) is 2.79. The van der Waals surface area contributed by atoms with E-state index in [-0.39, 0.29) is 17.6 Å². The van der Waals surface area contributed by atoms with Crippen LogP contribution in [0.1, 0.15) is 19.0 Å². The van der Waals surface area contributed by atoms with Crippen molar-refractivity contribution in [1.82, 2.24) is 10.3 Å². The van der Waals surface area contributed by atoms with Gasteiger partial charge in [-0.3, -0.25) is 4.79 Å². The molecular weight excluding hydrogens is 259 g/mol. The van der Waals surface area contributed by atoms with E-state index in [0.717, 1.165) is 25.2 Å². The van der Waals surface area contributed by atoms with Crippen molar-refractivity contribution < 1.29 is 18.0 Å². The summed E-state index contributed by atoms with van der Waals surface area (Å²) in [6.07, 6.45) is -2.73. The van der Waals surface area contributed by atoms with Gasteiger partial charge >= 0.3 is 6.18 Å². The van der Waals surface area contributed by atoms with E-state index in [0.29, 0.717) is 5.92 Å². The number of halogens is 3. The Labute approximate surface area is 108 Å². The minimum Gasteiger partial charge on any atom is -0.323 e. The zero-order chi connectivity index (χ0) is 14.0. The Kier molecular flexibility index (Phi) is 3.75. The van der Waals surface area contributed by atoms with Crippen LogP contribution in [0.25, 0.3) is 0 Å². The van der Waals surface area contributed by atoms with Crippen molar-refractivity contribution in [2.24, 2.45) is 5.92 Å². The third kappa shape index (κ3) is 3.44. The number of alkyl halides is 3. The van der Waals surface area contributed by atoms with Gasteiger partial charge in [0.15, 0.2) is 0 Å². The van der Waals surface area contributed by atoms with E-state index in [4.69, 9.17) is 0 Å². The summed E-state index contributed by atoms with van der Waals surface area (Å²) in [4.78, 5) is 15.1. The van der Waals surface area contributed by atoms with Gasteiger partial charge in [-0.1, -0.05) is 6.92 Å². The van der Waals surface area contributed by atoms with Gasteiger partial charge in [0.1, 0.15) is 5.69 Å². The highest BCUT2D eigenvalue weighted by Crippen LogP contribution is 2.27. The lowest BCUT2D eigenvalue weighted by Gasteiger charge is -2.11. The largest absolute Gasteiger partial charge is 0.433 e. The summed E-state index contributed by atoms with van der Waals surface area (Å²) in [5, 5.41) is 5.60. The fraction of sp³-hybridized carbons (Fsp3) is 0.500. The predicted octanol–water partition coefficient (Wildman–Crippen LogP) is 2.04. The molecule has 0 saturated carbocycles. The number of aromatic nitrogens is 1. The molecule has 4 nitrogen and oxygen atoms in total. The first-order valence-corrected chi connectivity index (χ1v) is 5.94. The molecule has 1 aliphatic rings. The van der Waals surface area contributed by atoms with E-state index >= 15 is 0 Å². The zero-order valence-electron chi connectivity index (χ0n) is 10.3. The molecule has 104 valence electrons. The van der Waals surface area contributed by atoms with Crippen LogP contribution >= 0.6 is 0 Å². The normalized spacial score (nSPS) is 23.4. The summed E-state index contributed by atoms with van der Waals surface area (Å²) in [7, 11) is 0. The number of carbonyl (C=O) groups is 1. The predicted molar refractivity (Wildman–Crippen MR) is 63.4 cm³/mol. The van der Waals surface area contributed by atoms with Crippen molar-refractivity contribution in [3.63, 3.8) is 0 Å². The highest BCUT2D eigenvalue weighted by atomic mass is 19.4. The lowest BCUT2D eigenvalue weighted by Crippen LogP contribution is -2.35. The van der Waals surface area contributed by atoms with Crippen molar-refractivity contribution in [1.29, 1.82) is 0 Å². The third-order valence-corrected chi connectivity index (χ3v) is 2.99. The number of carbonyl (C=O) groups excluding carboxylic acids is 1.